The largest absolute Gasteiger partial charge is 0.504 e. The molecule has 2 aromatic carbocycles. The zero-order valence-corrected chi connectivity index (χ0v) is 14.3. The number of phenols is 2. The molecule has 1 saturated carbocycles. The number of hydrogen-bond acceptors (Lipinski definition) is 4. The highest BCUT2D eigenvalue weighted by Gasteiger charge is 2.27. The van der Waals surface area contributed by atoms with Gasteiger partial charge in [-0.3, -0.25) is 0 Å². The van der Waals surface area contributed by atoms with Gasteiger partial charge < -0.3 is 14.9 Å². The molecular formula is C21H16O3S. The van der Waals surface area contributed by atoms with Gasteiger partial charge in [0.15, 0.2) is 11.5 Å². The van der Waals surface area contributed by atoms with Crippen LogP contribution in [-0.2, 0) is 0 Å². The lowest BCUT2D eigenvalue weighted by Gasteiger charge is -2.27. The number of aromatic hydroxyl groups is 2. The second-order valence-corrected chi connectivity index (χ2v) is 7.38. The molecule has 0 spiro atoms. The Labute approximate surface area is 149 Å². The molecule has 0 bridgehead atoms. The Morgan fingerprint density at radius 2 is 1.80 bits per heavy atom. The molecule has 1 aromatic heterocycles. The summed E-state index contributed by atoms with van der Waals surface area (Å²) in [6, 6.07) is 11.4. The lowest BCUT2D eigenvalue weighted by Crippen LogP contribution is -2.12. The zero-order valence-electron chi connectivity index (χ0n) is 13.5. The third-order valence-electron chi connectivity index (χ3n) is 4.91. The first-order valence-corrected chi connectivity index (χ1v) is 9.23. The van der Waals surface area contributed by atoms with Crippen molar-refractivity contribution < 1.29 is 14.9 Å². The third-order valence-corrected chi connectivity index (χ3v) is 5.88. The standard InChI is InChI=1S/C21H16O3S/c22-17-9-13-8-15(16-11-25-20-7-2-1-6-14(16)20)21(12-4-3-5-12)24-19(13)10-18(17)23/h1-2,6-11,22-23H,3-5H2. The van der Waals surface area contributed by atoms with Crippen LogP contribution >= 0.6 is 11.3 Å². The fraction of sp³-hybridized carbons (Fsp3) is 0.143. The molecular weight excluding hydrogens is 332 g/mol. The summed E-state index contributed by atoms with van der Waals surface area (Å²) in [5.74, 6) is 1.21. The first-order valence-electron chi connectivity index (χ1n) is 8.35. The smallest absolute Gasteiger partial charge is 0.161 e. The van der Waals surface area contributed by atoms with Gasteiger partial charge in [0.05, 0.1) is 0 Å². The van der Waals surface area contributed by atoms with Gasteiger partial charge >= 0.3 is 0 Å². The van der Waals surface area contributed by atoms with Crippen molar-refractivity contribution in [3.05, 3.63) is 64.2 Å². The molecule has 25 heavy (non-hydrogen) atoms. The van der Waals surface area contributed by atoms with Crippen molar-refractivity contribution in [1.29, 1.82) is 0 Å². The van der Waals surface area contributed by atoms with E-state index in [-0.39, 0.29) is 11.5 Å². The summed E-state index contributed by atoms with van der Waals surface area (Å²) in [6.45, 7) is 0. The summed E-state index contributed by atoms with van der Waals surface area (Å²) >= 11 is 1.73. The second-order valence-electron chi connectivity index (χ2n) is 6.47. The fourth-order valence-electron chi connectivity index (χ4n) is 3.39. The molecule has 3 nitrogen and oxygen atoms in total. The summed E-state index contributed by atoms with van der Waals surface area (Å²) in [4.78, 5) is 0. The Balaban J connectivity index is 1.76. The summed E-state index contributed by atoms with van der Waals surface area (Å²) < 4.78 is 7.45. The van der Waals surface area contributed by atoms with Gasteiger partial charge in [-0.25, -0.2) is 0 Å². The number of fused-ring (bicyclic) bond motifs is 2. The normalized spacial score (nSPS) is 16.2. The minimum absolute atomic E-state index is 0.132. The predicted molar refractivity (Wildman–Crippen MR) is 101 cm³/mol. The zero-order chi connectivity index (χ0) is 17.0. The lowest BCUT2D eigenvalue weighted by atomic mass is 9.86. The van der Waals surface area contributed by atoms with Crippen molar-refractivity contribution in [3.63, 3.8) is 0 Å². The van der Waals surface area contributed by atoms with Crippen molar-refractivity contribution in [3.8, 4) is 17.2 Å². The van der Waals surface area contributed by atoms with Gasteiger partial charge in [0.1, 0.15) is 11.5 Å². The highest BCUT2D eigenvalue weighted by atomic mass is 32.1. The molecule has 2 aliphatic rings. The fourth-order valence-corrected chi connectivity index (χ4v) is 4.35. The Morgan fingerprint density at radius 3 is 2.60 bits per heavy atom. The van der Waals surface area contributed by atoms with Crippen LogP contribution in [0.25, 0.3) is 21.7 Å². The van der Waals surface area contributed by atoms with E-state index in [1.165, 1.54) is 28.1 Å². The minimum atomic E-state index is -0.158. The van der Waals surface area contributed by atoms with Gasteiger partial charge in [-0.15, -0.1) is 11.3 Å². The molecule has 5 rings (SSSR count). The number of ether oxygens (including phenoxy) is 1. The molecule has 1 aliphatic heterocycles. The number of benzene rings is 2. The van der Waals surface area contributed by atoms with E-state index in [1.54, 1.807) is 17.4 Å². The summed E-state index contributed by atoms with van der Waals surface area (Å²) in [6.07, 6.45) is 5.35. The summed E-state index contributed by atoms with van der Waals surface area (Å²) in [7, 11) is 0. The SMILES string of the molecule is Oc1cc2c(cc1O)OC(=C1CCC1)C(c1csc3ccccc13)=C2. The predicted octanol–water partition coefficient (Wildman–Crippen LogP) is 5.68. The van der Waals surface area contributed by atoms with Crippen molar-refractivity contribution >= 4 is 33.1 Å². The number of thiophene rings is 1. The molecule has 1 fully saturated rings. The minimum Gasteiger partial charge on any atom is -0.504 e. The molecule has 0 atom stereocenters. The van der Waals surface area contributed by atoms with E-state index >= 15 is 0 Å². The van der Waals surface area contributed by atoms with E-state index < -0.39 is 0 Å². The van der Waals surface area contributed by atoms with E-state index in [2.05, 4.69) is 35.7 Å². The number of phenolic OH excluding ortho intramolecular Hbond substituents is 2. The first kappa shape index (κ1) is 14.6. The van der Waals surface area contributed by atoms with Crippen molar-refractivity contribution in [2.75, 3.05) is 0 Å². The summed E-state index contributed by atoms with van der Waals surface area (Å²) in [5.41, 5.74) is 4.32. The summed E-state index contributed by atoms with van der Waals surface area (Å²) in [5, 5.41) is 23.0. The van der Waals surface area contributed by atoms with Gasteiger partial charge in [0, 0.05) is 32.9 Å². The average molecular weight is 348 g/mol. The van der Waals surface area contributed by atoms with Crippen LogP contribution in [0.4, 0.5) is 0 Å². The average Bonchev–Trinajstić information content (AvgIpc) is 2.98. The number of hydrogen-bond donors (Lipinski definition) is 2. The Bertz CT molecular complexity index is 1070. The molecule has 2 heterocycles. The molecule has 0 radical (unpaired) electrons. The van der Waals surface area contributed by atoms with E-state index in [0.717, 1.165) is 35.3 Å². The van der Waals surface area contributed by atoms with Gasteiger partial charge in [0.2, 0.25) is 0 Å². The van der Waals surface area contributed by atoms with E-state index in [9.17, 15) is 10.2 Å². The van der Waals surface area contributed by atoms with E-state index in [4.69, 9.17) is 4.74 Å². The van der Waals surface area contributed by atoms with Crippen molar-refractivity contribution in [2.45, 2.75) is 19.3 Å². The maximum Gasteiger partial charge on any atom is 0.161 e. The van der Waals surface area contributed by atoms with Gasteiger partial charge in [-0.05, 0) is 48.4 Å². The molecule has 1 aliphatic carbocycles. The molecule has 0 saturated heterocycles. The van der Waals surface area contributed by atoms with Gasteiger partial charge in [0.25, 0.3) is 0 Å². The number of allylic oxidation sites excluding steroid dienone is 2. The van der Waals surface area contributed by atoms with Crippen LogP contribution in [0.15, 0.2) is 53.1 Å². The van der Waals surface area contributed by atoms with Crippen LogP contribution in [0, 0.1) is 0 Å². The van der Waals surface area contributed by atoms with Crippen LogP contribution in [0.3, 0.4) is 0 Å². The lowest BCUT2D eigenvalue weighted by molar-refractivity contribution is 0.389. The van der Waals surface area contributed by atoms with Gasteiger partial charge in [-0.2, -0.15) is 0 Å². The maximum absolute atomic E-state index is 9.85. The second kappa shape index (κ2) is 5.39. The highest BCUT2D eigenvalue weighted by molar-refractivity contribution is 7.17. The topological polar surface area (TPSA) is 49.7 Å². The van der Waals surface area contributed by atoms with E-state index in [1.807, 2.05) is 0 Å². The van der Waals surface area contributed by atoms with Crippen LogP contribution < -0.4 is 4.74 Å². The monoisotopic (exact) mass is 348 g/mol. The van der Waals surface area contributed by atoms with Crippen LogP contribution in [0.2, 0.25) is 0 Å². The molecule has 0 unspecified atom stereocenters. The Kier molecular flexibility index (Phi) is 3.15. The maximum atomic E-state index is 9.85. The van der Waals surface area contributed by atoms with Crippen LogP contribution in [0.5, 0.6) is 17.2 Å². The van der Waals surface area contributed by atoms with E-state index in [0.29, 0.717) is 5.75 Å². The molecule has 3 aromatic rings. The van der Waals surface area contributed by atoms with Crippen molar-refractivity contribution in [2.24, 2.45) is 0 Å². The first-order chi connectivity index (χ1) is 12.2. The third kappa shape index (κ3) is 2.25. The van der Waals surface area contributed by atoms with Crippen LogP contribution in [0.1, 0.15) is 30.4 Å². The Hall–Kier alpha value is -2.72. The van der Waals surface area contributed by atoms with Crippen molar-refractivity contribution in [1.82, 2.24) is 0 Å². The quantitative estimate of drug-likeness (QED) is 0.556. The number of rotatable bonds is 1. The van der Waals surface area contributed by atoms with Crippen LogP contribution in [-0.4, -0.2) is 10.2 Å². The molecule has 4 heteroatoms. The Morgan fingerprint density at radius 1 is 1.00 bits per heavy atom. The highest BCUT2D eigenvalue weighted by Crippen LogP contribution is 2.47. The molecule has 0 amide bonds. The molecule has 2 N–H and O–H groups in total. The van der Waals surface area contributed by atoms with Gasteiger partial charge in [-0.1, -0.05) is 18.2 Å². The molecule has 124 valence electrons.